The highest BCUT2D eigenvalue weighted by atomic mass is 35.5. The van der Waals surface area contributed by atoms with Crippen LogP contribution in [0.1, 0.15) is 19.3 Å². The van der Waals surface area contributed by atoms with E-state index in [0.29, 0.717) is 28.1 Å². The summed E-state index contributed by atoms with van der Waals surface area (Å²) >= 11 is 12.0. The van der Waals surface area contributed by atoms with Gasteiger partial charge in [0.2, 0.25) is 5.91 Å². The molecule has 19 heavy (non-hydrogen) atoms. The van der Waals surface area contributed by atoms with Gasteiger partial charge in [-0.25, -0.2) is 0 Å². The molecule has 0 atom stereocenters. The maximum atomic E-state index is 10.9. The zero-order chi connectivity index (χ0) is 14.0. The molecule has 0 aliphatic carbocycles. The lowest BCUT2D eigenvalue weighted by molar-refractivity contribution is -0.119. The van der Waals surface area contributed by atoms with E-state index in [1.54, 1.807) is 12.1 Å². The summed E-state index contributed by atoms with van der Waals surface area (Å²) in [6.07, 6.45) is 2.33. The van der Waals surface area contributed by atoms with E-state index in [2.05, 4.69) is 4.90 Å². The van der Waals surface area contributed by atoms with E-state index < -0.39 is 0 Å². The maximum absolute atomic E-state index is 10.9. The van der Waals surface area contributed by atoms with E-state index in [1.807, 2.05) is 0 Å². The van der Waals surface area contributed by atoms with Crippen molar-refractivity contribution in [3.8, 4) is 0 Å². The van der Waals surface area contributed by atoms with Crippen molar-refractivity contribution in [2.24, 2.45) is 11.7 Å². The van der Waals surface area contributed by atoms with E-state index in [4.69, 9.17) is 34.7 Å². The Labute approximate surface area is 122 Å². The summed E-state index contributed by atoms with van der Waals surface area (Å²) in [4.78, 5) is 13.1. The Morgan fingerprint density at radius 2 is 1.84 bits per heavy atom. The molecule has 0 aromatic heterocycles. The van der Waals surface area contributed by atoms with Crippen LogP contribution in [0.3, 0.4) is 0 Å². The molecule has 0 radical (unpaired) electrons. The summed E-state index contributed by atoms with van der Waals surface area (Å²) in [5.41, 5.74) is 12.7. The number of halogens is 2. The highest BCUT2D eigenvalue weighted by Crippen LogP contribution is 2.35. The van der Waals surface area contributed by atoms with Crippen molar-refractivity contribution in [3.63, 3.8) is 0 Å². The number of primary amides is 1. The highest BCUT2D eigenvalue weighted by molar-refractivity contribution is 6.42. The van der Waals surface area contributed by atoms with Crippen LogP contribution >= 0.6 is 23.2 Å². The van der Waals surface area contributed by atoms with Crippen molar-refractivity contribution < 1.29 is 4.79 Å². The molecule has 1 aliphatic rings. The summed E-state index contributed by atoms with van der Waals surface area (Å²) in [7, 11) is 0. The molecule has 1 amide bonds. The fourth-order valence-corrected chi connectivity index (χ4v) is 2.82. The van der Waals surface area contributed by atoms with Crippen LogP contribution in [0.15, 0.2) is 12.1 Å². The van der Waals surface area contributed by atoms with Crippen LogP contribution in [-0.2, 0) is 4.79 Å². The lowest BCUT2D eigenvalue weighted by Crippen LogP contribution is -2.35. The van der Waals surface area contributed by atoms with Gasteiger partial charge in [0.15, 0.2) is 0 Å². The maximum Gasteiger partial charge on any atom is 0.217 e. The molecule has 4 N–H and O–H groups in total. The minimum Gasteiger partial charge on any atom is -0.397 e. The molecule has 1 aromatic rings. The SMILES string of the molecule is NC(=O)CC1CCN(c2cc(Cl)c(Cl)cc2N)CC1. The second-order valence-electron chi connectivity index (χ2n) is 4.93. The van der Waals surface area contributed by atoms with E-state index in [1.165, 1.54) is 0 Å². The number of carbonyl (C=O) groups excluding carboxylic acids is 1. The van der Waals surface area contributed by atoms with Gasteiger partial charge < -0.3 is 16.4 Å². The number of rotatable bonds is 3. The average Bonchev–Trinajstić information content (AvgIpc) is 2.34. The van der Waals surface area contributed by atoms with Gasteiger partial charge in [-0.05, 0) is 30.9 Å². The lowest BCUT2D eigenvalue weighted by atomic mass is 9.93. The van der Waals surface area contributed by atoms with Crippen LogP contribution in [0.4, 0.5) is 11.4 Å². The van der Waals surface area contributed by atoms with Gasteiger partial charge in [0.05, 0.1) is 21.4 Å². The molecule has 1 fully saturated rings. The van der Waals surface area contributed by atoms with E-state index in [9.17, 15) is 4.79 Å². The first-order valence-electron chi connectivity index (χ1n) is 6.25. The first kappa shape index (κ1) is 14.3. The van der Waals surface area contributed by atoms with E-state index in [-0.39, 0.29) is 5.91 Å². The van der Waals surface area contributed by atoms with Gasteiger partial charge in [-0.1, -0.05) is 23.2 Å². The number of carbonyl (C=O) groups is 1. The number of nitrogens with zero attached hydrogens (tertiary/aromatic N) is 1. The predicted octanol–water partition coefficient (Wildman–Crippen LogP) is 2.67. The monoisotopic (exact) mass is 301 g/mol. The minimum absolute atomic E-state index is 0.229. The van der Waals surface area contributed by atoms with Gasteiger partial charge in [0.25, 0.3) is 0 Å². The number of nitrogen functional groups attached to an aromatic ring is 1. The van der Waals surface area contributed by atoms with E-state index in [0.717, 1.165) is 31.6 Å². The van der Waals surface area contributed by atoms with Crippen molar-refractivity contribution in [2.75, 3.05) is 23.7 Å². The molecule has 1 saturated heterocycles. The molecule has 104 valence electrons. The second kappa shape index (κ2) is 5.88. The summed E-state index contributed by atoms with van der Waals surface area (Å²) in [6.45, 7) is 1.69. The Balaban J connectivity index is 2.05. The van der Waals surface area contributed by atoms with Crippen molar-refractivity contribution in [3.05, 3.63) is 22.2 Å². The lowest BCUT2D eigenvalue weighted by Gasteiger charge is -2.34. The molecule has 0 bridgehead atoms. The minimum atomic E-state index is -0.229. The quantitative estimate of drug-likeness (QED) is 0.843. The van der Waals surface area contributed by atoms with Crippen molar-refractivity contribution in [1.82, 2.24) is 0 Å². The number of hydrogen-bond acceptors (Lipinski definition) is 3. The van der Waals surface area contributed by atoms with Gasteiger partial charge in [-0.2, -0.15) is 0 Å². The van der Waals surface area contributed by atoms with Crippen molar-refractivity contribution in [1.29, 1.82) is 0 Å². The number of hydrogen-bond donors (Lipinski definition) is 2. The first-order valence-corrected chi connectivity index (χ1v) is 7.00. The number of benzene rings is 1. The van der Waals surface area contributed by atoms with Gasteiger partial charge in [-0.3, -0.25) is 4.79 Å². The number of piperidine rings is 1. The van der Waals surface area contributed by atoms with Crippen LogP contribution in [-0.4, -0.2) is 19.0 Å². The summed E-state index contributed by atoms with van der Waals surface area (Å²) in [5.74, 6) is 0.144. The van der Waals surface area contributed by atoms with Crippen LogP contribution in [0.25, 0.3) is 0 Å². The van der Waals surface area contributed by atoms with E-state index >= 15 is 0 Å². The number of anilines is 2. The Hall–Kier alpha value is -1.13. The predicted molar refractivity (Wildman–Crippen MR) is 79.6 cm³/mol. The Morgan fingerprint density at radius 1 is 1.26 bits per heavy atom. The fraction of sp³-hybridized carbons (Fsp3) is 0.462. The molecule has 0 saturated carbocycles. The highest BCUT2D eigenvalue weighted by Gasteiger charge is 2.22. The third kappa shape index (κ3) is 3.45. The molecule has 0 unspecified atom stereocenters. The van der Waals surface area contributed by atoms with Crippen molar-refractivity contribution >= 4 is 40.5 Å². The summed E-state index contributed by atoms with van der Waals surface area (Å²) < 4.78 is 0. The molecule has 1 aliphatic heterocycles. The molecule has 2 rings (SSSR count). The Kier molecular flexibility index (Phi) is 4.42. The first-order chi connectivity index (χ1) is 8.97. The topological polar surface area (TPSA) is 72.4 Å². The largest absolute Gasteiger partial charge is 0.397 e. The summed E-state index contributed by atoms with van der Waals surface area (Å²) in [6, 6.07) is 3.47. The number of amides is 1. The molecular weight excluding hydrogens is 285 g/mol. The molecule has 1 aromatic carbocycles. The Bertz CT molecular complexity index is 485. The van der Waals surface area contributed by atoms with Crippen LogP contribution in [0, 0.1) is 5.92 Å². The van der Waals surface area contributed by atoms with Gasteiger partial charge in [0.1, 0.15) is 0 Å². The van der Waals surface area contributed by atoms with Gasteiger partial charge >= 0.3 is 0 Å². The molecule has 0 spiro atoms. The second-order valence-corrected chi connectivity index (χ2v) is 5.74. The fourth-order valence-electron chi connectivity index (χ4n) is 2.49. The molecule has 6 heteroatoms. The summed E-state index contributed by atoms with van der Waals surface area (Å²) in [5, 5.41) is 0.969. The van der Waals surface area contributed by atoms with Crippen LogP contribution in [0.2, 0.25) is 10.0 Å². The average molecular weight is 302 g/mol. The third-order valence-electron chi connectivity index (χ3n) is 3.51. The molecule has 1 heterocycles. The van der Waals surface area contributed by atoms with Gasteiger partial charge in [0, 0.05) is 19.5 Å². The van der Waals surface area contributed by atoms with Crippen LogP contribution in [0.5, 0.6) is 0 Å². The van der Waals surface area contributed by atoms with Crippen molar-refractivity contribution in [2.45, 2.75) is 19.3 Å². The normalized spacial score (nSPS) is 16.6. The van der Waals surface area contributed by atoms with Crippen LogP contribution < -0.4 is 16.4 Å². The van der Waals surface area contributed by atoms with Gasteiger partial charge in [-0.15, -0.1) is 0 Å². The number of nitrogens with two attached hydrogens (primary N) is 2. The smallest absolute Gasteiger partial charge is 0.217 e. The molecular formula is C13H17Cl2N3O. The zero-order valence-corrected chi connectivity index (χ0v) is 12.0. The molecule has 4 nitrogen and oxygen atoms in total. The standard InChI is InChI=1S/C13H17Cl2N3O/c14-9-6-11(16)12(7-10(9)15)18-3-1-8(2-4-18)5-13(17)19/h6-8H,1-5,16H2,(H2,17,19). The third-order valence-corrected chi connectivity index (χ3v) is 4.24. The zero-order valence-electron chi connectivity index (χ0n) is 10.5. The Morgan fingerprint density at radius 3 is 2.42 bits per heavy atom.